The number of piperidine rings is 1. The van der Waals surface area contributed by atoms with Crippen molar-refractivity contribution in [2.75, 3.05) is 13.1 Å². The zero-order valence-electron chi connectivity index (χ0n) is 16.4. The van der Waals surface area contributed by atoms with Crippen molar-refractivity contribution in [1.29, 1.82) is 0 Å². The Kier molecular flexibility index (Phi) is 5.24. The van der Waals surface area contributed by atoms with Gasteiger partial charge in [0.2, 0.25) is 0 Å². The van der Waals surface area contributed by atoms with Gasteiger partial charge in [-0.2, -0.15) is 0 Å². The molecule has 0 saturated carbocycles. The number of rotatable bonds is 4. The number of hydrogen-bond donors (Lipinski definition) is 0. The first-order valence-corrected chi connectivity index (χ1v) is 10.9. The van der Waals surface area contributed by atoms with E-state index in [2.05, 4.69) is 9.97 Å². The van der Waals surface area contributed by atoms with Crippen LogP contribution in [0.2, 0.25) is 0 Å². The molecule has 1 amide bonds. The molecule has 0 atom stereocenters. The van der Waals surface area contributed by atoms with Crippen molar-refractivity contribution in [3.8, 4) is 0 Å². The zero-order chi connectivity index (χ0) is 20.3. The maximum atomic E-state index is 13.2. The van der Waals surface area contributed by atoms with Crippen LogP contribution in [0.4, 0.5) is 0 Å². The minimum atomic E-state index is 0.0394. The van der Waals surface area contributed by atoms with Crippen LogP contribution >= 0.6 is 11.8 Å². The van der Waals surface area contributed by atoms with Gasteiger partial charge in [0.1, 0.15) is 10.5 Å². The zero-order valence-corrected chi connectivity index (χ0v) is 17.2. The smallest absolute Gasteiger partial charge is 0.256 e. The van der Waals surface area contributed by atoms with E-state index in [-0.39, 0.29) is 11.8 Å². The molecular weight excluding hydrogens is 394 g/mol. The van der Waals surface area contributed by atoms with Crippen molar-refractivity contribution >= 4 is 28.8 Å². The van der Waals surface area contributed by atoms with Crippen molar-refractivity contribution < 1.29 is 9.21 Å². The highest BCUT2D eigenvalue weighted by molar-refractivity contribution is 7.99. The number of benzene rings is 2. The Morgan fingerprint density at radius 1 is 0.967 bits per heavy atom. The van der Waals surface area contributed by atoms with E-state index in [0.717, 1.165) is 39.8 Å². The predicted octanol–water partition coefficient (Wildman–Crippen LogP) is 5.39. The summed E-state index contributed by atoms with van der Waals surface area (Å²) in [5.74, 6) is 1.07. The summed E-state index contributed by atoms with van der Waals surface area (Å²) in [7, 11) is 0. The largest absolute Gasteiger partial charge is 0.440 e. The number of fused-ring (bicyclic) bond motifs is 1. The van der Waals surface area contributed by atoms with E-state index in [4.69, 9.17) is 4.42 Å². The van der Waals surface area contributed by atoms with Gasteiger partial charge in [0.05, 0.1) is 5.56 Å². The third-order valence-corrected chi connectivity index (χ3v) is 6.43. The molecule has 0 bridgehead atoms. The second kappa shape index (κ2) is 8.32. The molecule has 2 aromatic heterocycles. The molecule has 5 rings (SSSR count). The van der Waals surface area contributed by atoms with Gasteiger partial charge in [-0.05, 0) is 49.2 Å². The highest BCUT2D eigenvalue weighted by Gasteiger charge is 2.28. The molecule has 2 aromatic carbocycles. The first-order valence-electron chi connectivity index (χ1n) is 10.1. The van der Waals surface area contributed by atoms with Gasteiger partial charge in [0, 0.05) is 30.1 Å². The lowest BCUT2D eigenvalue weighted by Gasteiger charge is -2.31. The molecule has 5 nitrogen and oxygen atoms in total. The standard InChI is InChI=1S/C24H21N3O2S/c28-24(19-9-6-14-25-23(19)30-18-7-2-1-3-8-18)27-15-12-17(13-16-27)22-26-20-10-4-5-11-21(20)29-22/h1-11,14,17H,12-13,15-16H2. The lowest BCUT2D eigenvalue weighted by molar-refractivity contribution is 0.0702. The van der Waals surface area contributed by atoms with Crippen LogP contribution in [-0.4, -0.2) is 33.9 Å². The van der Waals surface area contributed by atoms with Gasteiger partial charge in [0.15, 0.2) is 11.5 Å². The number of oxazole rings is 1. The van der Waals surface area contributed by atoms with E-state index in [1.165, 1.54) is 11.8 Å². The number of hydrogen-bond acceptors (Lipinski definition) is 5. The summed E-state index contributed by atoms with van der Waals surface area (Å²) >= 11 is 1.52. The Morgan fingerprint density at radius 3 is 2.53 bits per heavy atom. The van der Waals surface area contributed by atoms with E-state index >= 15 is 0 Å². The number of nitrogens with zero attached hydrogens (tertiary/aromatic N) is 3. The van der Waals surface area contributed by atoms with Crippen LogP contribution in [0.15, 0.2) is 87.3 Å². The van der Waals surface area contributed by atoms with Crippen LogP contribution in [0.3, 0.4) is 0 Å². The summed E-state index contributed by atoms with van der Waals surface area (Å²) in [4.78, 5) is 25.3. The molecule has 0 unspecified atom stereocenters. The van der Waals surface area contributed by atoms with Crippen molar-refractivity contribution in [3.05, 3.63) is 84.4 Å². The van der Waals surface area contributed by atoms with Gasteiger partial charge in [-0.25, -0.2) is 9.97 Å². The first-order chi connectivity index (χ1) is 14.8. The summed E-state index contributed by atoms with van der Waals surface area (Å²) in [5.41, 5.74) is 2.37. The average molecular weight is 416 g/mol. The molecule has 0 aliphatic carbocycles. The lowest BCUT2D eigenvalue weighted by atomic mass is 9.96. The molecule has 0 spiro atoms. The molecular formula is C24H21N3O2S. The SMILES string of the molecule is O=C(c1cccnc1Sc1ccccc1)N1CCC(c2nc3ccccc3o2)CC1. The Hall–Kier alpha value is -3.12. The van der Waals surface area contributed by atoms with Gasteiger partial charge in [0.25, 0.3) is 5.91 Å². The number of likely N-dealkylation sites (tertiary alicyclic amines) is 1. The fourth-order valence-electron chi connectivity index (χ4n) is 3.80. The monoisotopic (exact) mass is 415 g/mol. The fraction of sp³-hybridized carbons (Fsp3) is 0.208. The number of amides is 1. The molecule has 6 heteroatoms. The summed E-state index contributed by atoms with van der Waals surface area (Å²) in [6.07, 6.45) is 3.43. The van der Waals surface area contributed by atoms with Crippen molar-refractivity contribution in [2.24, 2.45) is 0 Å². The number of carbonyl (C=O) groups excluding carboxylic acids is 1. The Balaban J connectivity index is 1.29. The van der Waals surface area contributed by atoms with E-state index in [9.17, 15) is 4.79 Å². The molecule has 0 radical (unpaired) electrons. The van der Waals surface area contributed by atoms with Crippen LogP contribution in [0.1, 0.15) is 35.0 Å². The normalized spacial score (nSPS) is 14.9. The molecule has 1 saturated heterocycles. The van der Waals surface area contributed by atoms with E-state index in [0.29, 0.717) is 18.7 Å². The maximum Gasteiger partial charge on any atom is 0.256 e. The highest BCUT2D eigenvalue weighted by Crippen LogP contribution is 2.32. The van der Waals surface area contributed by atoms with E-state index < -0.39 is 0 Å². The summed E-state index contributed by atoms with van der Waals surface area (Å²) in [6, 6.07) is 21.5. The lowest BCUT2D eigenvalue weighted by Crippen LogP contribution is -2.38. The third kappa shape index (κ3) is 3.83. The number of carbonyl (C=O) groups is 1. The highest BCUT2D eigenvalue weighted by atomic mass is 32.2. The van der Waals surface area contributed by atoms with Crippen molar-refractivity contribution in [1.82, 2.24) is 14.9 Å². The van der Waals surface area contributed by atoms with Crippen LogP contribution in [-0.2, 0) is 0 Å². The minimum Gasteiger partial charge on any atom is -0.440 e. The quantitative estimate of drug-likeness (QED) is 0.447. The Morgan fingerprint density at radius 2 is 1.73 bits per heavy atom. The van der Waals surface area contributed by atoms with Gasteiger partial charge in [-0.3, -0.25) is 4.79 Å². The van der Waals surface area contributed by atoms with Crippen LogP contribution in [0.5, 0.6) is 0 Å². The second-order valence-electron chi connectivity index (χ2n) is 7.36. The predicted molar refractivity (Wildman–Crippen MR) is 117 cm³/mol. The maximum absolute atomic E-state index is 13.2. The molecule has 30 heavy (non-hydrogen) atoms. The number of para-hydroxylation sites is 2. The van der Waals surface area contributed by atoms with Crippen LogP contribution < -0.4 is 0 Å². The topological polar surface area (TPSA) is 59.2 Å². The third-order valence-electron chi connectivity index (χ3n) is 5.40. The van der Waals surface area contributed by atoms with E-state index in [1.807, 2.05) is 71.6 Å². The fourth-order valence-corrected chi connectivity index (χ4v) is 4.69. The number of pyridine rings is 1. The number of aromatic nitrogens is 2. The summed E-state index contributed by atoms with van der Waals surface area (Å²) < 4.78 is 5.95. The summed E-state index contributed by atoms with van der Waals surface area (Å²) in [5, 5.41) is 0.745. The molecule has 1 aliphatic rings. The summed E-state index contributed by atoms with van der Waals surface area (Å²) in [6.45, 7) is 1.37. The van der Waals surface area contributed by atoms with Gasteiger partial charge < -0.3 is 9.32 Å². The molecule has 1 aliphatic heterocycles. The first kappa shape index (κ1) is 18.9. The molecule has 4 aromatic rings. The second-order valence-corrected chi connectivity index (χ2v) is 8.42. The van der Waals surface area contributed by atoms with Crippen LogP contribution in [0, 0.1) is 0 Å². The van der Waals surface area contributed by atoms with E-state index in [1.54, 1.807) is 6.20 Å². The van der Waals surface area contributed by atoms with Gasteiger partial charge in [-0.1, -0.05) is 42.1 Å². The Bertz CT molecular complexity index is 1130. The molecule has 150 valence electrons. The average Bonchev–Trinajstić information content (AvgIpc) is 3.24. The van der Waals surface area contributed by atoms with Crippen LogP contribution in [0.25, 0.3) is 11.1 Å². The van der Waals surface area contributed by atoms with Gasteiger partial charge in [-0.15, -0.1) is 0 Å². The molecule has 3 heterocycles. The Labute approximate surface area is 179 Å². The minimum absolute atomic E-state index is 0.0394. The molecule has 0 N–H and O–H groups in total. The van der Waals surface area contributed by atoms with Crippen molar-refractivity contribution in [2.45, 2.75) is 28.7 Å². The van der Waals surface area contributed by atoms with Gasteiger partial charge >= 0.3 is 0 Å². The van der Waals surface area contributed by atoms with Crippen molar-refractivity contribution in [3.63, 3.8) is 0 Å². The molecule has 1 fully saturated rings.